The van der Waals surface area contributed by atoms with E-state index in [1.165, 1.54) is 57.1 Å². The van der Waals surface area contributed by atoms with Gasteiger partial charge in [-0.25, -0.2) is 0 Å². The van der Waals surface area contributed by atoms with E-state index in [2.05, 4.69) is 16.9 Å². The zero-order valence-corrected chi connectivity index (χ0v) is 11.3. The lowest BCUT2D eigenvalue weighted by Crippen LogP contribution is -2.39. The van der Waals surface area contributed by atoms with E-state index in [1.54, 1.807) is 0 Å². The first kappa shape index (κ1) is 12.2. The molecule has 18 heavy (non-hydrogen) atoms. The van der Waals surface area contributed by atoms with Crippen molar-refractivity contribution in [3.63, 3.8) is 0 Å². The van der Waals surface area contributed by atoms with Crippen LogP contribution >= 0.6 is 0 Å². The predicted octanol–water partition coefficient (Wildman–Crippen LogP) is 3.06. The molecule has 0 bridgehead atoms. The maximum Gasteiger partial charge on any atom is 0.0630 e. The van der Waals surface area contributed by atoms with Crippen LogP contribution in [0.3, 0.4) is 0 Å². The first-order valence-electron chi connectivity index (χ1n) is 7.55. The molecule has 1 aromatic heterocycles. The molecule has 0 spiro atoms. The van der Waals surface area contributed by atoms with Gasteiger partial charge in [0.2, 0.25) is 0 Å². The predicted molar refractivity (Wildman–Crippen MR) is 73.4 cm³/mol. The Kier molecular flexibility index (Phi) is 3.42. The van der Waals surface area contributed by atoms with Crippen molar-refractivity contribution >= 4 is 0 Å². The monoisotopic (exact) mass is 247 g/mol. The van der Waals surface area contributed by atoms with Crippen LogP contribution in [-0.4, -0.2) is 16.3 Å². The molecule has 0 atom stereocenters. The molecule has 2 N–H and O–H groups in total. The van der Waals surface area contributed by atoms with Crippen LogP contribution in [0.2, 0.25) is 0 Å². The molecule has 100 valence electrons. The van der Waals surface area contributed by atoms with Gasteiger partial charge in [0.05, 0.1) is 11.7 Å². The molecule has 2 aliphatic rings. The van der Waals surface area contributed by atoms with Gasteiger partial charge in [0.1, 0.15) is 0 Å². The molecule has 0 saturated heterocycles. The Morgan fingerprint density at radius 2 is 2.00 bits per heavy atom. The molecule has 0 aliphatic heterocycles. The van der Waals surface area contributed by atoms with Gasteiger partial charge in [0.15, 0.2) is 0 Å². The van der Waals surface area contributed by atoms with Crippen LogP contribution in [0.15, 0.2) is 12.3 Å². The lowest BCUT2D eigenvalue weighted by Gasteiger charge is -2.40. The van der Waals surface area contributed by atoms with Crippen molar-refractivity contribution in [3.8, 4) is 0 Å². The third-order valence-corrected chi connectivity index (χ3v) is 5.02. The molecule has 2 aliphatic carbocycles. The van der Waals surface area contributed by atoms with E-state index in [0.29, 0.717) is 11.5 Å². The second-order valence-corrected chi connectivity index (χ2v) is 6.31. The lowest BCUT2D eigenvalue weighted by atomic mass is 9.66. The van der Waals surface area contributed by atoms with E-state index in [9.17, 15) is 0 Å². The van der Waals surface area contributed by atoms with E-state index in [0.717, 1.165) is 13.0 Å². The van der Waals surface area contributed by atoms with E-state index in [4.69, 9.17) is 10.8 Å². The van der Waals surface area contributed by atoms with Gasteiger partial charge in [-0.3, -0.25) is 4.68 Å². The minimum atomic E-state index is 0.381. The molecule has 2 saturated carbocycles. The van der Waals surface area contributed by atoms with Crippen molar-refractivity contribution in [3.05, 3.63) is 18.0 Å². The summed E-state index contributed by atoms with van der Waals surface area (Å²) in [4.78, 5) is 0. The summed E-state index contributed by atoms with van der Waals surface area (Å²) in [6.45, 7) is 0.823. The second-order valence-electron chi connectivity index (χ2n) is 6.31. The molecule has 3 heteroatoms. The Morgan fingerprint density at radius 1 is 1.22 bits per heavy atom. The molecule has 1 aromatic rings. The summed E-state index contributed by atoms with van der Waals surface area (Å²) >= 11 is 0. The number of nitrogens with zero attached hydrogens (tertiary/aromatic N) is 2. The number of hydrogen-bond acceptors (Lipinski definition) is 2. The van der Waals surface area contributed by atoms with E-state index >= 15 is 0 Å². The summed E-state index contributed by atoms with van der Waals surface area (Å²) < 4.78 is 2.22. The first-order chi connectivity index (χ1) is 8.81. The fourth-order valence-electron chi connectivity index (χ4n) is 3.53. The van der Waals surface area contributed by atoms with Crippen LogP contribution in [0.4, 0.5) is 0 Å². The molecule has 0 radical (unpaired) electrons. The summed E-state index contributed by atoms with van der Waals surface area (Å²) in [5.74, 6) is 0. The molecule has 0 unspecified atom stereocenters. The smallest absolute Gasteiger partial charge is 0.0630 e. The number of aromatic nitrogens is 2. The zero-order chi connectivity index (χ0) is 12.4. The number of hydrogen-bond donors (Lipinski definition) is 1. The molecule has 2 fully saturated rings. The highest BCUT2D eigenvalue weighted by atomic mass is 15.3. The molecule has 1 heterocycles. The highest BCUT2D eigenvalue weighted by molar-refractivity contribution is 5.06. The Bertz CT molecular complexity index is 381. The first-order valence-corrected chi connectivity index (χ1v) is 7.55. The molecular weight excluding hydrogens is 222 g/mol. The second kappa shape index (κ2) is 5.04. The van der Waals surface area contributed by atoms with Gasteiger partial charge in [-0.2, -0.15) is 5.10 Å². The van der Waals surface area contributed by atoms with Crippen LogP contribution in [0, 0.1) is 5.41 Å². The summed E-state index contributed by atoms with van der Waals surface area (Å²) in [5, 5.41) is 4.81. The van der Waals surface area contributed by atoms with Gasteiger partial charge in [0.25, 0.3) is 0 Å². The molecule has 3 rings (SSSR count). The highest BCUT2D eigenvalue weighted by Crippen LogP contribution is 2.42. The number of rotatable bonds is 4. The van der Waals surface area contributed by atoms with Crippen LogP contribution < -0.4 is 5.73 Å². The fraction of sp³-hybridized carbons (Fsp3) is 0.800. The maximum absolute atomic E-state index is 5.93. The zero-order valence-electron chi connectivity index (χ0n) is 11.3. The van der Waals surface area contributed by atoms with Crippen molar-refractivity contribution in [2.45, 2.75) is 63.8 Å². The molecule has 0 aromatic carbocycles. The average molecular weight is 247 g/mol. The lowest BCUT2D eigenvalue weighted by molar-refractivity contribution is 0.142. The van der Waals surface area contributed by atoms with Crippen molar-refractivity contribution in [1.29, 1.82) is 0 Å². The van der Waals surface area contributed by atoms with Gasteiger partial charge in [-0.1, -0.05) is 25.7 Å². The van der Waals surface area contributed by atoms with Gasteiger partial charge in [-0.05, 0) is 50.1 Å². The topological polar surface area (TPSA) is 43.8 Å². The Morgan fingerprint density at radius 3 is 2.61 bits per heavy atom. The summed E-state index contributed by atoms with van der Waals surface area (Å²) in [7, 11) is 0. The quantitative estimate of drug-likeness (QED) is 0.888. The van der Waals surface area contributed by atoms with Crippen LogP contribution in [-0.2, 0) is 6.42 Å². The molecular formula is C15H25N3. The van der Waals surface area contributed by atoms with Crippen LogP contribution in [0.1, 0.15) is 63.1 Å². The van der Waals surface area contributed by atoms with Crippen LogP contribution in [0.25, 0.3) is 0 Å². The van der Waals surface area contributed by atoms with Crippen LogP contribution in [0.5, 0.6) is 0 Å². The van der Waals surface area contributed by atoms with E-state index < -0.39 is 0 Å². The molecule has 3 nitrogen and oxygen atoms in total. The Hall–Kier alpha value is -0.830. The third-order valence-electron chi connectivity index (χ3n) is 5.02. The minimum Gasteiger partial charge on any atom is -0.330 e. The van der Waals surface area contributed by atoms with Crippen molar-refractivity contribution < 1.29 is 0 Å². The summed E-state index contributed by atoms with van der Waals surface area (Å²) in [6, 6.07) is 2.87. The third kappa shape index (κ3) is 2.33. The van der Waals surface area contributed by atoms with Gasteiger partial charge >= 0.3 is 0 Å². The summed E-state index contributed by atoms with van der Waals surface area (Å²) in [6.07, 6.45) is 14.0. The van der Waals surface area contributed by atoms with Crippen molar-refractivity contribution in [2.24, 2.45) is 11.1 Å². The van der Waals surface area contributed by atoms with Gasteiger partial charge in [-0.15, -0.1) is 0 Å². The van der Waals surface area contributed by atoms with Crippen molar-refractivity contribution in [1.82, 2.24) is 9.78 Å². The van der Waals surface area contributed by atoms with E-state index in [1.807, 2.05) is 0 Å². The van der Waals surface area contributed by atoms with Gasteiger partial charge in [0, 0.05) is 6.20 Å². The standard InChI is InChI=1S/C15H25N3/c16-12-15(8-4-9-15)11-13-7-10-18(17-13)14-5-2-1-3-6-14/h7,10,14H,1-6,8-9,11-12,16H2. The van der Waals surface area contributed by atoms with Gasteiger partial charge < -0.3 is 5.73 Å². The molecule has 0 amide bonds. The Balaban J connectivity index is 1.65. The SMILES string of the molecule is NCC1(Cc2ccn(C3CCCCC3)n2)CCC1. The average Bonchev–Trinajstić information content (AvgIpc) is 2.83. The highest BCUT2D eigenvalue weighted by Gasteiger charge is 2.36. The Labute approximate surface area is 110 Å². The fourth-order valence-corrected chi connectivity index (χ4v) is 3.53. The summed E-state index contributed by atoms with van der Waals surface area (Å²) in [5.41, 5.74) is 7.57. The largest absolute Gasteiger partial charge is 0.330 e. The van der Waals surface area contributed by atoms with E-state index in [-0.39, 0.29) is 0 Å². The maximum atomic E-state index is 5.93. The normalized spacial score (nSPS) is 23.8. The van der Waals surface area contributed by atoms with Crippen molar-refractivity contribution in [2.75, 3.05) is 6.54 Å². The minimum absolute atomic E-state index is 0.381. The number of nitrogens with two attached hydrogens (primary N) is 1.